The number of nitrogens with zero attached hydrogens (tertiary/aromatic N) is 3. The van der Waals surface area contributed by atoms with E-state index in [0.717, 1.165) is 21.7 Å². The average molecular weight is 309 g/mol. The van der Waals surface area contributed by atoms with E-state index < -0.39 is 0 Å². The quantitative estimate of drug-likeness (QED) is 0.948. The van der Waals surface area contributed by atoms with E-state index in [1.54, 1.807) is 0 Å². The molecule has 5 heteroatoms. The Balaban J connectivity index is 2.37. The van der Waals surface area contributed by atoms with Gasteiger partial charge in [0.25, 0.3) is 0 Å². The first-order valence-electron chi connectivity index (χ1n) is 5.90. The topological polar surface area (TPSA) is 42.7 Å². The first-order chi connectivity index (χ1) is 8.54. The molecule has 2 heterocycles. The molecule has 2 aromatic rings. The second kappa shape index (κ2) is 5.20. The molecule has 18 heavy (non-hydrogen) atoms. The number of hydrogen-bond acceptors (Lipinski definition) is 3. The summed E-state index contributed by atoms with van der Waals surface area (Å²) in [6, 6.07) is 4.38. The van der Waals surface area contributed by atoms with Crippen molar-refractivity contribution in [2.24, 2.45) is 0 Å². The zero-order valence-electron chi connectivity index (χ0n) is 11.0. The summed E-state index contributed by atoms with van der Waals surface area (Å²) in [5, 5.41) is 7.66. The number of halogens is 1. The molecular formula is C13H17BrN4. The third kappa shape index (κ3) is 2.33. The van der Waals surface area contributed by atoms with Crippen LogP contribution in [-0.2, 0) is 0 Å². The van der Waals surface area contributed by atoms with E-state index >= 15 is 0 Å². The van der Waals surface area contributed by atoms with Crippen molar-refractivity contribution in [1.29, 1.82) is 0 Å². The maximum atomic E-state index is 4.47. The standard InChI is InChI=1S/C13H17BrN4/c1-8(15-4)11-5-6-12(16-7-11)18-10(3)13(14)9(2)17-18/h5-8,15H,1-4H3. The fraction of sp³-hybridized carbons (Fsp3) is 0.385. The molecule has 0 aliphatic carbocycles. The Morgan fingerprint density at radius 3 is 2.50 bits per heavy atom. The first-order valence-corrected chi connectivity index (χ1v) is 6.69. The van der Waals surface area contributed by atoms with Gasteiger partial charge >= 0.3 is 0 Å². The van der Waals surface area contributed by atoms with Gasteiger partial charge in [-0.25, -0.2) is 9.67 Å². The number of nitrogens with one attached hydrogen (secondary N) is 1. The van der Waals surface area contributed by atoms with Gasteiger partial charge in [0, 0.05) is 12.2 Å². The minimum atomic E-state index is 0.304. The number of rotatable bonds is 3. The molecular weight excluding hydrogens is 292 g/mol. The predicted molar refractivity (Wildman–Crippen MR) is 76.0 cm³/mol. The summed E-state index contributed by atoms with van der Waals surface area (Å²) < 4.78 is 2.89. The SMILES string of the molecule is CNC(C)c1ccc(-n2nc(C)c(Br)c2C)nc1. The normalized spacial score (nSPS) is 12.7. The Morgan fingerprint density at radius 1 is 1.33 bits per heavy atom. The van der Waals surface area contributed by atoms with Crippen LogP contribution < -0.4 is 5.32 Å². The second-order valence-electron chi connectivity index (χ2n) is 4.36. The molecule has 0 saturated heterocycles. The van der Waals surface area contributed by atoms with E-state index in [2.05, 4.69) is 44.3 Å². The molecule has 4 nitrogen and oxygen atoms in total. The Kier molecular flexibility index (Phi) is 3.82. The molecule has 2 aromatic heterocycles. The van der Waals surface area contributed by atoms with Crippen molar-refractivity contribution in [3.63, 3.8) is 0 Å². The first kappa shape index (κ1) is 13.2. The fourth-order valence-electron chi connectivity index (χ4n) is 1.79. The van der Waals surface area contributed by atoms with Gasteiger partial charge in [-0.3, -0.25) is 0 Å². The molecule has 0 aromatic carbocycles. The molecule has 0 aliphatic rings. The maximum absolute atomic E-state index is 4.47. The van der Waals surface area contributed by atoms with E-state index in [1.165, 1.54) is 5.56 Å². The predicted octanol–water partition coefficient (Wildman–Crippen LogP) is 2.93. The highest BCUT2D eigenvalue weighted by atomic mass is 79.9. The fourth-order valence-corrected chi connectivity index (χ4v) is 2.04. The van der Waals surface area contributed by atoms with Gasteiger partial charge in [-0.15, -0.1) is 0 Å². The molecule has 0 fully saturated rings. The summed E-state index contributed by atoms with van der Waals surface area (Å²) in [4.78, 5) is 4.47. The highest BCUT2D eigenvalue weighted by molar-refractivity contribution is 9.10. The summed E-state index contributed by atoms with van der Waals surface area (Å²) in [6.45, 7) is 6.11. The lowest BCUT2D eigenvalue weighted by Crippen LogP contribution is -2.13. The van der Waals surface area contributed by atoms with Crippen LogP contribution in [0.5, 0.6) is 0 Å². The van der Waals surface area contributed by atoms with E-state index in [4.69, 9.17) is 0 Å². The molecule has 2 rings (SSSR count). The van der Waals surface area contributed by atoms with Crippen LogP contribution in [0.2, 0.25) is 0 Å². The van der Waals surface area contributed by atoms with Gasteiger partial charge in [0.2, 0.25) is 0 Å². The zero-order chi connectivity index (χ0) is 13.3. The number of hydrogen-bond donors (Lipinski definition) is 1. The Bertz CT molecular complexity index is 545. The Hall–Kier alpha value is -1.20. The van der Waals surface area contributed by atoms with Crippen molar-refractivity contribution in [1.82, 2.24) is 20.1 Å². The Morgan fingerprint density at radius 2 is 2.06 bits per heavy atom. The minimum Gasteiger partial charge on any atom is -0.313 e. The number of pyridine rings is 1. The highest BCUT2D eigenvalue weighted by Gasteiger charge is 2.11. The molecule has 0 saturated carbocycles. The van der Waals surface area contributed by atoms with E-state index in [0.29, 0.717) is 6.04 Å². The van der Waals surface area contributed by atoms with Crippen LogP contribution in [-0.4, -0.2) is 21.8 Å². The molecule has 0 radical (unpaired) electrons. The van der Waals surface area contributed by atoms with Gasteiger partial charge in [0.05, 0.1) is 15.9 Å². The highest BCUT2D eigenvalue weighted by Crippen LogP contribution is 2.22. The van der Waals surface area contributed by atoms with Crippen LogP contribution in [0.4, 0.5) is 0 Å². The molecule has 0 bridgehead atoms. The summed E-state index contributed by atoms with van der Waals surface area (Å²) in [5.41, 5.74) is 3.21. The summed E-state index contributed by atoms with van der Waals surface area (Å²) in [5.74, 6) is 0.841. The number of aromatic nitrogens is 3. The average Bonchev–Trinajstić information content (AvgIpc) is 2.66. The van der Waals surface area contributed by atoms with Crippen LogP contribution in [0.3, 0.4) is 0 Å². The third-order valence-electron chi connectivity index (χ3n) is 3.12. The number of aryl methyl sites for hydroxylation is 1. The Labute approximate surface area is 116 Å². The largest absolute Gasteiger partial charge is 0.313 e. The van der Waals surface area contributed by atoms with Crippen molar-refractivity contribution in [2.75, 3.05) is 7.05 Å². The summed E-state index contributed by atoms with van der Waals surface area (Å²) >= 11 is 3.53. The summed E-state index contributed by atoms with van der Waals surface area (Å²) in [6.07, 6.45) is 1.89. The van der Waals surface area contributed by atoms with Gasteiger partial charge in [0.1, 0.15) is 0 Å². The van der Waals surface area contributed by atoms with Crippen LogP contribution in [0, 0.1) is 13.8 Å². The maximum Gasteiger partial charge on any atom is 0.153 e. The molecule has 96 valence electrons. The van der Waals surface area contributed by atoms with Crippen LogP contribution in [0.25, 0.3) is 5.82 Å². The van der Waals surface area contributed by atoms with Gasteiger partial charge in [-0.2, -0.15) is 5.10 Å². The van der Waals surface area contributed by atoms with E-state index in [9.17, 15) is 0 Å². The van der Waals surface area contributed by atoms with Crippen LogP contribution in [0.15, 0.2) is 22.8 Å². The van der Waals surface area contributed by atoms with Gasteiger partial charge in [-0.05, 0) is 55.4 Å². The van der Waals surface area contributed by atoms with Crippen molar-refractivity contribution in [3.8, 4) is 5.82 Å². The van der Waals surface area contributed by atoms with Gasteiger partial charge in [0.15, 0.2) is 5.82 Å². The third-order valence-corrected chi connectivity index (χ3v) is 4.27. The lowest BCUT2D eigenvalue weighted by atomic mass is 10.1. The molecule has 1 unspecified atom stereocenters. The van der Waals surface area contributed by atoms with Crippen LogP contribution >= 0.6 is 15.9 Å². The molecule has 1 atom stereocenters. The second-order valence-corrected chi connectivity index (χ2v) is 5.15. The van der Waals surface area contributed by atoms with Crippen molar-refractivity contribution in [2.45, 2.75) is 26.8 Å². The molecule has 0 aliphatic heterocycles. The monoisotopic (exact) mass is 308 g/mol. The van der Waals surface area contributed by atoms with E-state index in [-0.39, 0.29) is 0 Å². The zero-order valence-corrected chi connectivity index (χ0v) is 12.6. The molecule has 1 N–H and O–H groups in total. The summed E-state index contributed by atoms with van der Waals surface area (Å²) in [7, 11) is 1.94. The van der Waals surface area contributed by atoms with Crippen LogP contribution in [0.1, 0.15) is 29.9 Å². The molecule has 0 amide bonds. The van der Waals surface area contributed by atoms with Gasteiger partial charge in [-0.1, -0.05) is 6.07 Å². The minimum absolute atomic E-state index is 0.304. The van der Waals surface area contributed by atoms with Crippen molar-refractivity contribution in [3.05, 3.63) is 39.8 Å². The smallest absolute Gasteiger partial charge is 0.153 e. The van der Waals surface area contributed by atoms with E-state index in [1.807, 2.05) is 37.8 Å². The van der Waals surface area contributed by atoms with Crippen molar-refractivity contribution < 1.29 is 0 Å². The van der Waals surface area contributed by atoms with Crippen molar-refractivity contribution >= 4 is 15.9 Å². The molecule has 0 spiro atoms. The lowest BCUT2D eigenvalue weighted by Gasteiger charge is -2.10. The van der Waals surface area contributed by atoms with Gasteiger partial charge < -0.3 is 5.32 Å². The lowest BCUT2D eigenvalue weighted by molar-refractivity contribution is 0.648.